The fourth-order valence-electron chi connectivity index (χ4n) is 5.84. The average molecular weight is 453 g/mol. The predicted molar refractivity (Wildman–Crippen MR) is 136 cm³/mol. The molecule has 2 aromatic heterocycles. The number of hydrogen-bond acceptors (Lipinski definition) is 3. The van der Waals surface area contributed by atoms with E-state index < -0.39 is 0 Å². The van der Waals surface area contributed by atoms with Crippen LogP contribution in [0.2, 0.25) is 0 Å². The van der Waals surface area contributed by atoms with E-state index in [-0.39, 0.29) is 11.8 Å². The van der Waals surface area contributed by atoms with Gasteiger partial charge in [0.1, 0.15) is 0 Å². The number of carbonyl (C=O) groups excluding carboxylic acids is 2. The Hall–Kier alpha value is -3.64. The van der Waals surface area contributed by atoms with E-state index in [2.05, 4.69) is 29.6 Å². The lowest BCUT2D eigenvalue weighted by Crippen LogP contribution is -2.33. The van der Waals surface area contributed by atoms with Crippen LogP contribution in [0.4, 0.5) is 5.69 Å². The molecule has 0 aliphatic carbocycles. The highest BCUT2D eigenvalue weighted by Crippen LogP contribution is 2.42. The lowest BCUT2D eigenvalue weighted by atomic mass is 9.94. The van der Waals surface area contributed by atoms with Crippen molar-refractivity contribution in [3.05, 3.63) is 72.1 Å². The van der Waals surface area contributed by atoms with Crippen molar-refractivity contribution in [2.75, 3.05) is 25.5 Å². The fraction of sp³-hybridized carbons (Fsp3) is 0.286. The van der Waals surface area contributed by atoms with Gasteiger partial charge in [0.05, 0.1) is 16.8 Å². The van der Waals surface area contributed by atoms with Crippen molar-refractivity contribution < 1.29 is 9.59 Å². The van der Waals surface area contributed by atoms with Gasteiger partial charge in [0.2, 0.25) is 0 Å². The standard InChI is InChI=1S/C28H28N4O2/c1-29(2)16-18-12-13-31-24-11-7-5-9-20(24)27(25(31)14-18)32-26(33)15-21(28(32)34)22-17-30(3)23-10-6-4-8-19(22)23/h4-11,15,17-18H,12-14,16H2,1-3H3/t18-/m0/s1. The summed E-state index contributed by atoms with van der Waals surface area (Å²) in [6, 6.07) is 16.1. The van der Waals surface area contributed by atoms with Crippen LogP contribution in [0, 0.1) is 5.92 Å². The summed E-state index contributed by atoms with van der Waals surface area (Å²) < 4.78 is 4.32. The van der Waals surface area contributed by atoms with E-state index in [0.717, 1.165) is 64.7 Å². The summed E-state index contributed by atoms with van der Waals surface area (Å²) in [4.78, 5) is 30.9. The maximum Gasteiger partial charge on any atom is 0.266 e. The van der Waals surface area contributed by atoms with Gasteiger partial charge in [-0.25, -0.2) is 4.90 Å². The van der Waals surface area contributed by atoms with Gasteiger partial charge in [0, 0.05) is 60.0 Å². The van der Waals surface area contributed by atoms with E-state index >= 15 is 0 Å². The highest BCUT2D eigenvalue weighted by molar-refractivity contribution is 6.45. The zero-order valence-corrected chi connectivity index (χ0v) is 19.8. The maximum atomic E-state index is 13.9. The molecule has 0 spiro atoms. The number of rotatable bonds is 4. The summed E-state index contributed by atoms with van der Waals surface area (Å²) >= 11 is 0. The fourth-order valence-corrected chi connectivity index (χ4v) is 5.84. The molecule has 172 valence electrons. The van der Waals surface area contributed by atoms with Gasteiger partial charge in [0.15, 0.2) is 0 Å². The smallest absolute Gasteiger partial charge is 0.266 e. The van der Waals surface area contributed by atoms with Gasteiger partial charge < -0.3 is 14.0 Å². The number of benzene rings is 2. The highest BCUT2D eigenvalue weighted by Gasteiger charge is 2.39. The van der Waals surface area contributed by atoms with Gasteiger partial charge in [0.25, 0.3) is 11.8 Å². The second kappa shape index (κ2) is 7.71. The molecule has 6 heteroatoms. The minimum absolute atomic E-state index is 0.241. The van der Waals surface area contributed by atoms with Crippen molar-refractivity contribution in [2.45, 2.75) is 19.4 Å². The quantitative estimate of drug-likeness (QED) is 0.436. The summed E-state index contributed by atoms with van der Waals surface area (Å²) in [6.07, 6.45) is 5.40. The van der Waals surface area contributed by atoms with Crippen LogP contribution in [0.15, 0.2) is 60.8 Å². The molecule has 0 radical (unpaired) electrons. The average Bonchev–Trinajstić information content (AvgIpc) is 3.42. The molecule has 2 aliphatic rings. The van der Waals surface area contributed by atoms with Gasteiger partial charge in [-0.3, -0.25) is 9.59 Å². The number of para-hydroxylation sites is 2. The zero-order chi connectivity index (χ0) is 23.6. The number of hydrogen-bond donors (Lipinski definition) is 0. The minimum atomic E-state index is -0.262. The molecule has 34 heavy (non-hydrogen) atoms. The molecule has 2 aromatic carbocycles. The van der Waals surface area contributed by atoms with Crippen molar-refractivity contribution in [1.29, 1.82) is 0 Å². The van der Waals surface area contributed by atoms with Crippen LogP contribution in [-0.4, -0.2) is 46.5 Å². The van der Waals surface area contributed by atoms with Crippen molar-refractivity contribution in [3.63, 3.8) is 0 Å². The molecule has 0 saturated heterocycles. The number of aromatic nitrogens is 2. The number of aryl methyl sites for hydroxylation is 2. The summed E-state index contributed by atoms with van der Waals surface area (Å²) in [5, 5.41) is 1.95. The Morgan fingerprint density at radius 1 is 0.971 bits per heavy atom. The van der Waals surface area contributed by atoms with Crippen LogP contribution in [0.1, 0.15) is 17.7 Å². The SMILES string of the molecule is CN(C)C[C@H]1CCn2c(c(N3C(=O)C=C(c4cn(C)c5ccccc45)C3=O)c3ccccc32)C1. The summed E-state index contributed by atoms with van der Waals surface area (Å²) in [6.45, 7) is 1.89. The van der Waals surface area contributed by atoms with E-state index in [9.17, 15) is 9.59 Å². The maximum absolute atomic E-state index is 13.9. The predicted octanol–water partition coefficient (Wildman–Crippen LogP) is 4.21. The van der Waals surface area contributed by atoms with E-state index in [4.69, 9.17) is 0 Å². The van der Waals surface area contributed by atoms with Gasteiger partial charge in [-0.05, 0) is 45.0 Å². The Morgan fingerprint density at radius 2 is 1.68 bits per heavy atom. The van der Waals surface area contributed by atoms with Crippen molar-refractivity contribution in [2.24, 2.45) is 13.0 Å². The Bertz CT molecular complexity index is 1500. The van der Waals surface area contributed by atoms with Gasteiger partial charge in [-0.15, -0.1) is 0 Å². The van der Waals surface area contributed by atoms with Crippen LogP contribution < -0.4 is 4.90 Å². The van der Waals surface area contributed by atoms with E-state index in [1.807, 2.05) is 60.3 Å². The lowest BCUT2D eigenvalue weighted by Gasteiger charge is -2.29. The first kappa shape index (κ1) is 20.9. The molecule has 1 atom stereocenters. The molecule has 4 aromatic rings. The van der Waals surface area contributed by atoms with Crippen LogP contribution in [0.25, 0.3) is 27.4 Å². The first-order valence-electron chi connectivity index (χ1n) is 11.8. The molecule has 0 unspecified atom stereocenters. The van der Waals surface area contributed by atoms with Crippen LogP contribution in [-0.2, 0) is 29.6 Å². The van der Waals surface area contributed by atoms with E-state index in [1.165, 1.54) is 11.0 Å². The van der Waals surface area contributed by atoms with Crippen molar-refractivity contribution in [3.8, 4) is 0 Å². The third-order valence-electron chi connectivity index (χ3n) is 7.25. The number of fused-ring (bicyclic) bond motifs is 4. The molecular weight excluding hydrogens is 424 g/mol. The molecule has 6 rings (SSSR count). The summed E-state index contributed by atoms with van der Waals surface area (Å²) in [5.74, 6) is -0.0130. The summed E-state index contributed by atoms with van der Waals surface area (Å²) in [5.41, 5.74) is 5.26. The van der Waals surface area contributed by atoms with Crippen LogP contribution in [0.3, 0.4) is 0 Å². The third-order valence-corrected chi connectivity index (χ3v) is 7.25. The molecular formula is C28H28N4O2. The molecule has 0 saturated carbocycles. The number of carbonyl (C=O) groups is 2. The monoisotopic (exact) mass is 452 g/mol. The van der Waals surface area contributed by atoms with E-state index in [0.29, 0.717) is 11.5 Å². The number of amides is 2. The molecule has 6 nitrogen and oxygen atoms in total. The largest absolute Gasteiger partial charge is 0.350 e. The normalized spacial score (nSPS) is 18.4. The molecule has 4 heterocycles. The van der Waals surface area contributed by atoms with E-state index in [1.54, 1.807) is 0 Å². The first-order chi connectivity index (χ1) is 16.4. The van der Waals surface area contributed by atoms with Crippen LogP contribution in [0.5, 0.6) is 0 Å². The summed E-state index contributed by atoms with van der Waals surface area (Å²) in [7, 11) is 6.16. The van der Waals surface area contributed by atoms with Crippen molar-refractivity contribution in [1.82, 2.24) is 14.0 Å². The molecule has 0 fully saturated rings. The Morgan fingerprint density at radius 3 is 2.44 bits per heavy atom. The molecule has 2 aliphatic heterocycles. The number of anilines is 1. The third kappa shape index (κ3) is 3.06. The molecule has 2 amide bonds. The Labute approximate surface area is 198 Å². The Balaban J connectivity index is 1.47. The molecule has 0 N–H and O–H groups in total. The lowest BCUT2D eigenvalue weighted by molar-refractivity contribution is -0.119. The highest BCUT2D eigenvalue weighted by atomic mass is 16.2. The Kier molecular flexibility index (Phi) is 4.74. The van der Waals surface area contributed by atoms with Gasteiger partial charge in [-0.2, -0.15) is 0 Å². The second-order valence-corrected chi connectivity index (χ2v) is 9.79. The topological polar surface area (TPSA) is 50.5 Å². The first-order valence-corrected chi connectivity index (χ1v) is 11.8. The van der Waals surface area contributed by atoms with Gasteiger partial charge in [-0.1, -0.05) is 36.4 Å². The van der Waals surface area contributed by atoms with Gasteiger partial charge >= 0.3 is 0 Å². The van der Waals surface area contributed by atoms with Crippen molar-refractivity contribution >= 4 is 44.9 Å². The van der Waals surface area contributed by atoms with Crippen LogP contribution >= 0.6 is 0 Å². The number of nitrogens with zero attached hydrogens (tertiary/aromatic N) is 4. The zero-order valence-electron chi connectivity index (χ0n) is 19.8. The second-order valence-electron chi connectivity index (χ2n) is 9.79. The number of imide groups is 1. The molecule has 0 bridgehead atoms. The minimum Gasteiger partial charge on any atom is -0.350 e.